The molecule has 11 nitrogen and oxygen atoms in total. The Labute approximate surface area is 388 Å². The van der Waals surface area contributed by atoms with E-state index in [0.29, 0.717) is 72.9 Å². The lowest BCUT2D eigenvalue weighted by Gasteiger charge is -2.12. The third-order valence-electron chi connectivity index (χ3n) is 12.1. The molecule has 11 aromatic rings. The molecule has 0 fully saturated rings. The average molecular weight is 934 g/mol. The van der Waals surface area contributed by atoms with E-state index in [1.165, 1.54) is 22.9 Å². The standard InChI is InChI=1S/C26H19ClFN3O3.C26H17ClFN3O2/c1-2-14-11-18-21(12-19(14)28)31(13-16-10-15-6-3-4-8-20(15)30-24(16)27)23(26(33)34)22(18)17-7-5-9-29-25(17)32;1-2-14-11-18-21(12-19(14)28)31(13-16-10-15-6-3-4-8-20(15)30-24(16)27)23-22(18)17-7-5-9-29-25(17)33-26(23)32/h3-12H,2,13H2,1H3,(H,29,32)(H,33,34);3-12H,2,13H2,1H3. The Balaban J connectivity index is 0.000000157. The third kappa shape index (κ3) is 7.55. The second-order valence-corrected chi connectivity index (χ2v) is 16.7. The van der Waals surface area contributed by atoms with E-state index in [9.17, 15) is 28.3 Å². The summed E-state index contributed by atoms with van der Waals surface area (Å²) in [6.45, 7) is 3.98. The number of aromatic carboxylic acids is 1. The number of carboxylic acids is 1. The Morgan fingerprint density at radius 1 is 0.701 bits per heavy atom. The van der Waals surface area contributed by atoms with Gasteiger partial charge in [0, 0.05) is 67.0 Å². The minimum absolute atomic E-state index is 0.0322. The predicted octanol–water partition coefficient (Wildman–Crippen LogP) is 11.9. The molecule has 11 rings (SSSR count). The van der Waals surface area contributed by atoms with Crippen molar-refractivity contribution in [2.75, 3.05) is 0 Å². The molecule has 0 aliphatic rings. The maximum absolute atomic E-state index is 14.9. The number of aryl methyl sites for hydroxylation is 2. The van der Waals surface area contributed by atoms with Crippen LogP contribution in [0.5, 0.6) is 0 Å². The number of fused-ring (bicyclic) bond motifs is 8. The molecule has 0 amide bonds. The molecule has 0 aliphatic heterocycles. The first-order valence-electron chi connectivity index (χ1n) is 21.3. The SMILES string of the molecule is CCc1cc2c(-c3ccc[nH]c3=O)c(C(=O)O)n(Cc3cc4ccccc4nc3Cl)c2cc1F.CCc1cc2c3c4cccnc4oc(=O)c3n(Cc3cc4ccccc4nc3Cl)c2cc1F. The van der Waals surface area contributed by atoms with Gasteiger partial charge in [-0.25, -0.2) is 33.3 Å². The van der Waals surface area contributed by atoms with Gasteiger partial charge in [0.15, 0.2) is 0 Å². The van der Waals surface area contributed by atoms with Gasteiger partial charge in [-0.2, -0.15) is 0 Å². The Morgan fingerprint density at radius 2 is 1.28 bits per heavy atom. The molecule has 15 heteroatoms. The van der Waals surface area contributed by atoms with E-state index in [1.807, 2.05) is 86.6 Å². The van der Waals surface area contributed by atoms with Crippen molar-refractivity contribution < 1.29 is 23.1 Å². The lowest BCUT2D eigenvalue weighted by molar-refractivity contribution is 0.0687. The number of benzene rings is 4. The largest absolute Gasteiger partial charge is 0.477 e. The number of rotatable bonds is 8. The van der Waals surface area contributed by atoms with Gasteiger partial charge >= 0.3 is 11.6 Å². The van der Waals surface area contributed by atoms with Crippen molar-refractivity contribution in [3.05, 3.63) is 192 Å². The number of aromatic amines is 1. The molecule has 0 aliphatic carbocycles. The summed E-state index contributed by atoms with van der Waals surface area (Å²) in [5.74, 6) is -2.00. The Bertz CT molecular complexity index is 3960. The van der Waals surface area contributed by atoms with E-state index < -0.39 is 23.0 Å². The summed E-state index contributed by atoms with van der Waals surface area (Å²) in [7, 11) is 0. The summed E-state index contributed by atoms with van der Waals surface area (Å²) in [4.78, 5) is 54.1. The van der Waals surface area contributed by atoms with Gasteiger partial charge in [-0.15, -0.1) is 0 Å². The maximum atomic E-state index is 14.9. The fourth-order valence-corrected chi connectivity index (χ4v) is 9.34. The van der Waals surface area contributed by atoms with E-state index in [2.05, 4.69) is 19.9 Å². The zero-order valence-electron chi connectivity index (χ0n) is 35.7. The number of nitrogens with zero attached hydrogens (tertiary/aromatic N) is 5. The van der Waals surface area contributed by atoms with Crippen molar-refractivity contribution in [2.45, 2.75) is 39.8 Å². The molecular formula is C52H36Cl2F2N6O5. The number of hydrogen-bond donors (Lipinski definition) is 2. The monoisotopic (exact) mass is 932 g/mol. The fourth-order valence-electron chi connectivity index (χ4n) is 8.93. The number of aromatic nitrogens is 6. The summed E-state index contributed by atoms with van der Waals surface area (Å²) < 4.78 is 38.6. The number of para-hydroxylation sites is 2. The summed E-state index contributed by atoms with van der Waals surface area (Å²) in [5.41, 5.74) is 4.70. The maximum Gasteiger partial charge on any atom is 0.362 e. The van der Waals surface area contributed by atoms with E-state index in [4.69, 9.17) is 27.6 Å². The predicted molar refractivity (Wildman–Crippen MR) is 259 cm³/mol. The lowest BCUT2D eigenvalue weighted by Crippen LogP contribution is -2.14. The molecule has 0 atom stereocenters. The minimum atomic E-state index is -1.24. The van der Waals surface area contributed by atoms with Crippen LogP contribution in [0.15, 0.2) is 136 Å². The topological polar surface area (TPSA) is 149 Å². The van der Waals surface area contributed by atoms with Crippen molar-refractivity contribution in [3.8, 4) is 11.1 Å². The van der Waals surface area contributed by atoms with E-state index in [-0.39, 0.29) is 46.6 Å². The van der Waals surface area contributed by atoms with Crippen LogP contribution in [0.25, 0.3) is 76.7 Å². The molecule has 67 heavy (non-hydrogen) atoms. The zero-order valence-corrected chi connectivity index (χ0v) is 37.2. The summed E-state index contributed by atoms with van der Waals surface area (Å²) >= 11 is 13.0. The summed E-state index contributed by atoms with van der Waals surface area (Å²) in [5, 5.41) is 15.2. The van der Waals surface area contributed by atoms with Gasteiger partial charge in [-0.3, -0.25) is 4.79 Å². The van der Waals surface area contributed by atoms with Gasteiger partial charge in [0.25, 0.3) is 5.56 Å². The second kappa shape index (κ2) is 17.2. The first kappa shape index (κ1) is 43.2. The van der Waals surface area contributed by atoms with Crippen molar-refractivity contribution in [3.63, 3.8) is 0 Å². The molecule has 4 aromatic carbocycles. The molecular weight excluding hydrogens is 898 g/mol. The highest BCUT2D eigenvalue weighted by Gasteiger charge is 2.27. The zero-order chi connectivity index (χ0) is 46.7. The van der Waals surface area contributed by atoms with Crippen LogP contribution in [0.4, 0.5) is 8.78 Å². The molecule has 0 radical (unpaired) electrons. The number of nitrogens with one attached hydrogen (secondary N) is 1. The van der Waals surface area contributed by atoms with Crippen molar-refractivity contribution in [2.24, 2.45) is 0 Å². The lowest BCUT2D eigenvalue weighted by atomic mass is 10.0. The number of halogens is 4. The van der Waals surface area contributed by atoms with E-state index >= 15 is 0 Å². The normalized spacial score (nSPS) is 11.6. The molecule has 0 saturated carbocycles. The fraction of sp³-hybridized carbons (Fsp3) is 0.115. The molecule has 0 bridgehead atoms. The van der Waals surface area contributed by atoms with Gasteiger partial charge in [-0.1, -0.05) is 73.4 Å². The highest BCUT2D eigenvalue weighted by molar-refractivity contribution is 6.31. The van der Waals surface area contributed by atoms with Crippen LogP contribution in [0.3, 0.4) is 0 Å². The number of pyridine rings is 4. The Kier molecular flexibility index (Phi) is 11.1. The summed E-state index contributed by atoms with van der Waals surface area (Å²) in [6.07, 6.45) is 4.00. The molecule has 0 spiro atoms. The summed E-state index contributed by atoms with van der Waals surface area (Å²) in [6, 6.07) is 32.0. The molecule has 7 heterocycles. The molecule has 0 unspecified atom stereocenters. The van der Waals surface area contributed by atoms with Gasteiger partial charge in [0.05, 0.1) is 35.2 Å². The van der Waals surface area contributed by atoms with Crippen LogP contribution in [0, 0.1) is 11.6 Å². The first-order chi connectivity index (χ1) is 32.4. The Morgan fingerprint density at radius 3 is 1.88 bits per heavy atom. The third-order valence-corrected chi connectivity index (χ3v) is 12.7. The molecule has 332 valence electrons. The van der Waals surface area contributed by atoms with Gasteiger partial charge in [-0.05, 0) is 96.8 Å². The van der Waals surface area contributed by atoms with Crippen molar-refractivity contribution >= 4 is 94.8 Å². The Hall–Kier alpha value is -7.74. The van der Waals surface area contributed by atoms with Gasteiger partial charge in [0.1, 0.15) is 33.2 Å². The molecule has 7 aromatic heterocycles. The average Bonchev–Trinajstić information content (AvgIpc) is 3.80. The highest BCUT2D eigenvalue weighted by atomic mass is 35.5. The molecule has 2 N–H and O–H groups in total. The van der Waals surface area contributed by atoms with E-state index in [1.54, 1.807) is 35.0 Å². The van der Waals surface area contributed by atoms with Crippen molar-refractivity contribution in [1.82, 2.24) is 29.1 Å². The van der Waals surface area contributed by atoms with Gasteiger partial charge in [0.2, 0.25) is 5.71 Å². The number of hydrogen-bond acceptors (Lipinski definition) is 7. The van der Waals surface area contributed by atoms with Crippen LogP contribution in [-0.4, -0.2) is 40.1 Å². The van der Waals surface area contributed by atoms with Crippen LogP contribution in [0.1, 0.15) is 46.6 Å². The van der Waals surface area contributed by atoms with Crippen LogP contribution in [-0.2, 0) is 25.9 Å². The first-order valence-corrected chi connectivity index (χ1v) is 22.1. The van der Waals surface area contributed by atoms with Crippen LogP contribution < -0.4 is 11.2 Å². The minimum Gasteiger partial charge on any atom is -0.477 e. The second-order valence-electron chi connectivity index (χ2n) is 16.0. The highest BCUT2D eigenvalue weighted by Crippen LogP contribution is 2.38. The number of carboxylic acid groups (broad SMARTS) is 1. The van der Waals surface area contributed by atoms with Crippen LogP contribution >= 0.6 is 23.2 Å². The van der Waals surface area contributed by atoms with E-state index in [0.717, 1.165) is 27.2 Å². The van der Waals surface area contributed by atoms with Gasteiger partial charge < -0.3 is 23.6 Å². The quantitative estimate of drug-likeness (QED) is 0.143. The van der Waals surface area contributed by atoms with Crippen LogP contribution in [0.2, 0.25) is 10.3 Å². The molecule has 0 saturated heterocycles. The number of carbonyl (C=O) groups is 1. The van der Waals surface area contributed by atoms with Crippen molar-refractivity contribution in [1.29, 1.82) is 0 Å². The number of H-pyrrole nitrogens is 1. The smallest absolute Gasteiger partial charge is 0.362 e.